The Bertz CT molecular complexity index is 129. The Morgan fingerprint density at radius 2 is 1.40 bits per heavy atom. The van der Waals surface area contributed by atoms with E-state index in [1.165, 1.54) is 0 Å². The average molecular weight is 136 g/mol. The first-order valence-corrected chi connectivity index (χ1v) is 4.01. The van der Waals surface area contributed by atoms with Gasteiger partial charge in [-0.3, -0.25) is 0 Å². The van der Waals surface area contributed by atoms with E-state index in [0.29, 0.717) is 18.3 Å². The highest BCUT2D eigenvalue weighted by molar-refractivity contribution is 6.70. The van der Waals surface area contributed by atoms with Crippen LogP contribution in [0.3, 0.4) is 0 Å². The molecule has 0 rings (SSSR count). The van der Waals surface area contributed by atoms with E-state index in [0.717, 1.165) is 0 Å². The molecule has 0 aromatic carbocycles. The van der Waals surface area contributed by atoms with Crippen LogP contribution in [0.15, 0.2) is 0 Å². The normalized spacial score (nSPS) is 9.50. The van der Waals surface area contributed by atoms with Gasteiger partial charge in [0, 0.05) is 0 Å². The molecule has 0 heterocycles. The lowest BCUT2D eigenvalue weighted by atomic mass is 9.36. The maximum absolute atomic E-state index is 3.23. The van der Waals surface area contributed by atoms with E-state index in [9.17, 15) is 0 Å². The SMILES string of the molecule is CC#CB(C(C)C)C(C)C. The van der Waals surface area contributed by atoms with Crippen LogP contribution in [0.4, 0.5) is 0 Å². The van der Waals surface area contributed by atoms with E-state index < -0.39 is 0 Å². The van der Waals surface area contributed by atoms with Crippen molar-refractivity contribution in [1.82, 2.24) is 0 Å². The standard InChI is InChI=1S/C9H17B/c1-6-7-10(8(2)3)9(4)5/h8-9H,1-5H3. The van der Waals surface area contributed by atoms with Gasteiger partial charge in [0.1, 0.15) is 0 Å². The summed E-state index contributed by atoms with van der Waals surface area (Å²) in [5.74, 6) is 7.59. The summed E-state index contributed by atoms with van der Waals surface area (Å²) in [6.07, 6.45) is 0. The minimum atomic E-state index is 0.574. The Morgan fingerprint density at radius 3 is 1.50 bits per heavy atom. The molecule has 56 valence electrons. The van der Waals surface area contributed by atoms with Crippen molar-refractivity contribution >= 4 is 6.71 Å². The molecule has 0 aliphatic carbocycles. The molecule has 0 saturated carbocycles. The quantitative estimate of drug-likeness (QED) is 0.404. The summed E-state index contributed by atoms with van der Waals surface area (Å²) in [5.41, 5.74) is 0. The molecule has 0 radical (unpaired) electrons. The molecule has 0 saturated heterocycles. The van der Waals surface area contributed by atoms with Crippen LogP contribution in [0.5, 0.6) is 0 Å². The van der Waals surface area contributed by atoms with Crippen molar-refractivity contribution < 1.29 is 0 Å². The van der Waals surface area contributed by atoms with Crippen LogP contribution in [0.1, 0.15) is 34.6 Å². The maximum Gasteiger partial charge on any atom is 0.236 e. The van der Waals surface area contributed by atoms with Crippen LogP contribution in [-0.2, 0) is 0 Å². The lowest BCUT2D eigenvalue weighted by Gasteiger charge is -2.13. The molecule has 0 spiro atoms. The molecule has 0 aromatic heterocycles. The zero-order valence-corrected chi connectivity index (χ0v) is 7.73. The van der Waals surface area contributed by atoms with Gasteiger partial charge in [-0.05, 0) is 6.92 Å². The molecular weight excluding hydrogens is 119 g/mol. The minimum Gasteiger partial charge on any atom is -0.155 e. The van der Waals surface area contributed by atoms with Gasteiger partial charge in [0.2, 0.25) is 6.71 Å². The molecule has 0 amide bonds. The van der Waals surface area contributed by atoms with Gasteiger partial charge < -0.3 is 0 Å². The second-order valence-electron chi connectivity index (χ2n) is 3.41. The Morgan fingerprint density at radius 1 is 1.00 bits per heavy atom. The lowest BCUT2D eigenvalue weighted by molar-refractivity contribution is 0.954. The first-order valence-electron chi connectivity index (χ1n) is 4.01. The van der Waals surface area contributed by atoms with Crippen molar-refractivity contribution in [3.8, 4) is 11.7 Å². The molecule has 1 heteroatoms. The molecule has 0 N–H and O–H groups in total. The summed E-state index contributed by atoms with van der Waals surface area (Å²) in [6, 6.07) is 0. The summed E-state index contributed by atoms with van der Waals surface area (Å²) in [6.45, 7) is 11.4. The van der Waals surface area contributed by atoms with Crippen molar-refractivity contribution in [2.45, 2.75) is 46.3 Å². The van der Waals surface area contributed by atoms with Crippen LogP contribution >= 0.6 is 0 Å². The molecule has 10 heavy (non-hydrogen) atoms. The van der Waals surface area contributed by atoms with Gasteiger partial charge in [-0.2, -0.15) is 5.82 Å². The van der Waals surface area contributed by atoms with E-state index in [4.69, 9.17) is 0 Å². The van der Waals surface area contributed by atoms with Crippen molar-refractivity contribution in [1.29, 1.82) is 0 Å². The fourth-order valence-corrected chi connectivity index (χ4v) is 1.27. The van der Waals surface area contributed by atoms with E-state index in [1.807, 2.05) is 6.92 Å². The van der Waals surface area contributed by atoms with E-state index >= 15 is 0 Å². The Labute approximate surface area is 65.5 Å². The third-order valence-electron chi connectivity index (χ3n) is 1.75. The van der Waals surface area contributed by atoms with Crippen LogP contribution in [0.2, 0.25) is 11.6 Å². The monoisotopic (exact) mass is 136 g/mol. The fourth-order valence-electron chi connectivity index (χ4n) is 1.27. The molecule has 0 atom stereocenters. The smallest absolute Gasteiger partial charge is 0.155 e. The van der Waals surface area contributed by atoms with E-state index in [2.05, 4.69) is 39.4 Å². The highest BCUT2D eigenvalue weighted by Crippen LogP contribution is 2.18. The zero-order chi connectivity index (χ0) is 8.15. The number of hydrogen-bond donors (Lipinski definition) is 0. The van der Waals surface area contributed by atoms with Gasteiger partial charge in [0.15, 0.2) is 0 Å². The van der Waals surface area contributed by atoms with Gasteiger partial charge >= 0.3 is 0 Å². The second kappa shape index (κ2) is 4.44. The highest BCUT2D eigenvalue weighted by Gasteiger charge is 2.19. The fraction of sp³-hybridized carbons (Fsp3) is 0.778. The van der Waals surface area contributed by atoms with Crippen molar-refractivity contribution in [3.63, 3.8) is 0 Å². The predicted octanol–water partition coefficient (Wildman–Crippen LogP) is 2.86. The van der Waals surface area contributed by atoms with Gasteiger partial charge in [-0.15, -0.1) is 5.92 Å². The molecule has 0 aromatic rings. The first-order chi connectivity index (χ1) is 4.59. The van der Waals surface area contributed by atoms with Crippen molar-refractivity contribution in [2.24, 2.45) is 0 Å². The third kappa shape index (κ3) is 2.96. The predicted molar refractivity (Wildman–Crippen MR) is 49.4 cm³/mol. The summed E-state index contributed by atoms with van der Waals surface area (Å²) in [4.78, 5) is 0. The molecule has 0 aliphatic rings. The van der Waals surface area contributed by atoms with Crippen molar-refractivity contribution in [2.75, 3.05) is 0 Å². The van der Waals surface area contributed by atoms with Crippen molar-refractivity contribution in [3.05, 3.63) is 0 Å². The maximum atomic E-state index is 3.23. The van der Waals surface area contributed by atoms with Gasteiger partial charge in [0.25, 0.3) is 0 Å². The minimum absolute atomic E-state index is 0.574. The van der Waals surface area contributed by atoms with Gasteiger partial charge in [-0.25, -0.2) is 0 Å². The van der Waals surface area contributed by atoms with Crippen LogP contribution < -0.4 is 0 Å². The summed E-state index contributed by atoms with van der Waals surface area (Å²) in [7, 11) is 0. The topological polar surface area (TPSA) is 0 Å². The van der Waals surface area contributed by atoms with E-state index in [-0.39, 0.29) is 0 Å². The van der Waals surface area contributed by atoms with Crippen LogP contribution in [0.25, 0.3) is 0 Å². The lowest BCUT2D eigenvalue weighted by Crippen LogP contribution is -2.18. The van der Waals surface area contributed by atoms with Gasteiger partial charge in [-0.1, -0.05) is 39.3 Å². The summed E-state index contributed by atoms with van der Waals surface area (Å²) in [5, 5.41) is 0. The molecule has 0 fully saturated rings. The van der Waals surface area contributed by atoms with Crippen LogP contribution in [0, 0.1) is 11.7 Å². The third-order valence-corrected chi connectivity index (χ3v) is 1.75. The summed E-state index contributed by atoms with van der Waals surface area (Å²) >= 11 is 0. The van der Waals surface area contributed by atoms with Gasteiger partial charge in [0.05, 0.1) is 0 Å². The molecule has 0 nitrogen and oxygen atoms in total. The number of rotatable bonds is 2. The summed E-state index contributed by atoms with van der Waals surface area (Å²) < 4.78 is 0. The average Bonchev–Trinajstić information content (AvgIpc) is 1.81. The molecule has 0 bridgehead atoms. The molecule has 0 unspecified atom stereocenters. The Hall–Kier alpha value is -0.375. The molecular formula is C9H17B. The largest absolute Gasteiger partial charge is 0.236 e. The highest BCUT2D eigenvalue weighted by atomic mass is 13.9. The second-order valence-corrected chi connectivity index (χ2v) is 3.41. The van der Waals surface area contributed by atoms with E-state index in [1.54, 1.807) is 0 Å². The first kappa shape index (κ1) is 9.62. The Kier molecular flexibility index (Phi) is 4.28. The number of hydrogen-bond acceptors (Lipinski definition) is 0. The zero-order valence-electron chi connectivity index (χ0n) is 7.73. The molecule has 0 aliphatic heterocycles. The van der Waals surface area contributed by atoms with Crippen LogP contribution in [-0.4, -0.2) is 6.71 Å². The Balaban J connectivity index is 4.07.